The topological polar surface area (TPSA) is 65.3 Å². The summed E-state index contributed by atoms with van der Waals surface area (Å²) in [5.74, 6) is 0.500. The number of rotatable bonds is 4. The third-order valence-electron chi connectivity index (χ3n) is 3.42. The van der Waals surface area contributed by atoms with E-state index in [1.165, 1.54) is 20.0 Å². The van der Waals surface area contributed by atoms with E-state index in [-0.39, 0.29) is 11.8 Å². The summed E-state index contributed by atoms with van der Waals surface area (Å²) < 4.78 is 4.99. The number of phenols is 1. The minimum absolute atomic E-state index is 0.0727. The molecule has 0 heterocycles. The van der Waals surface area contributed by atoms with Gasteiger partial charge in [0.25, 0.3) is 0 Å². The van der Waals surface area contributed by atoms with Crippen molar-refractivity contribution in [3.8, 4) is 17.6 Å². The highest BCUT2D eigenvalue weighted by molar-refractivity contribution is 5.43. The van der Waals surface area contributed by atoms with Crippen molar-refractivity contribution < 1.29 is 9.84 Å². The molecule has 0 aliphatic heterocycles. The summed E-state index contributed by atoms with van der Waals surface area (Å²) in [4.78, 5) is 0. The number of nitrogens with zero attached hydrogens (tertiary/aromatic N) is 1. The van der Waals surface area contributed by atoms with Crippen LogP contribution in [0.15, 0.2) is 18.2 Å². The predicted octanol–water partition coefficient (Wildman–Crippen LogP) is 2.50. The quantitative estimate of drug-likeness (QED) is 0.856. The van der Waals surface area contributed by atoms with E-state index >= 15 is 0 Å². The Morgan fingerprint density at radius 1 is 1.44 bits per heavy atom. The van der Waals surface area contributed by atoms with E-state index in [1.807, 2.05) is 6.07 Å². The average Bonchev–Trinajstić information content (AvgIpc) is 2.88. The first-order valence-corrected chi connectivity index (χ1v) is 6.27. The van der Waals surface area contributed by atoms with Crippen LogP contribution in [0.2, 0.25) is 0 Å². The molecule has 1 fully saturated rings. The zero-order chi connectivity index (χ0) is 13.0. The fraction of sp³-hybridized carbons (Fsp3) is 0.500. The van der Waals surface area contributed by atoms with E-state index in [4.69, 9.17) is 4.74 Å². The van der Waals surface area contributed by atoms with Gasteiger partial charge < -0.3 is 9.84 Å². The number of phenolic OH excluding ortho intramolecular Hbond substituents is 1. The molecule has 0 radical (unpaired) electrons. The van der Waals surface area contributed by atoms with E-state index in [0.717, 1.165) is 18.4 Å². The van der Waals surface area contributed by atoms with Gasteiger partial charge in [-0.1, -0.05) is 18.9 Å². The van der Waals surface area contributed by atoms with E-state index in [0.29, 0.717) is 11.8 Å². The van der Waals surface area contributed by atoms with Crippen molar-refractivity contribution in [3.05, 3.63) is 23.8 Å². The molecule has 1 aliphatic carbocycles. The molecule has 0 bridgehead atoms. The van der Waals surface area contributed by atoms with Crippen LogP contribution >= 0.6 is 0 Å². The van der Waals surface area contributed by atoms with Gasteiger partial charge in [0, 0.05) is 6.04 Å². The van der Waals surface area contributed by atoms with Gasteiger partial charge in [-0.15, -0.1) is 0 Å². The minimum Gasteiger partial charge on any atom is -0.504 e. The van der Waals surface area contributed by atoms with Crippen LogP contribution in [0.5, 0.6) is 11.5 Å². The lowest BCUT2D eigenvalue weighted by molar-refractivity contribution is 0.372. The molecular weight excluding hydrogens is 228 g/mol. The smallest absolute Gasteiger partial charge is 0.160 e. The largest absolute Gasteiger partial charge is 0.504 e. The lowest BCUT2D eigenvalue weighted by Crippen LogP contribution is -2.29. The third kappa shape index (κ3) is 2.74. The van der Waals surface area contributed by atoms with E-state index in [2.05, 4.69) is 11.4 Å². The molecule has 18 heavy (non-hydrogen) atoms. The summed E-state index contributed by atoms with van der Waals surface area (Å²) in [5.41, 5.74) is 0.780. The number of hydrogen-bond acceptors (Lipinski definition) is 4. The standard InChI is InChI=1S/C14H18N2O2/c1-18-14-7-6-10(8-13(14)17)12(9-15)16-11-4-2-3-5-11/h6-8,11-12,16-17H,2-5H2,1H3. The number of benzene rings is 1. The molecule has 1 atom stereocenters. The first-order chi connectivity index (χ1) is 8.74. The molecule has 1 aliphatic rings. The molecule has 0 amide bonds. The number of nitrogens with one attached hydrogen (secondary N) is 1. The van der Waals surface area contributed by atoms with Gasteiger partial charge in [0.15, 0.2) is 11.5 Å². The molecule has 1 unspecified atom stereocenters. The summed E-state index contributed by atoms with van der Waals surface area (Å²) >= 11 is 0. The molecule has 2 rings (SSSR count). The van der Waals surface area contributed by atoms with Crippen molar-refractivity contribution in [2.24, 2.45) is 0 Å². The number of ether oxygens (including phenoxy) is 1. The van der Waals surface area contributed by atoms with Crippen LogP contribution in [0.1, 0.15) is 37.3 Å². The SMILES string of the molecule is COc1ccc(C(C#N)NC2CCCC2)cc1O. The van der Waals surface area contributed by atoms with E-state index in [1.54, 1.807) is 12.1 Å². The molecule has 1 saturated carbocycles. The zero-order valence-corrected chi connectivity index (χ0v) is 10.5. The highest BCUT2D eigenvalue weighted by atomic mass is 16.5. The van der Waals surface area contributed by atoms with Gasteiger partial charge in [0.1, 0.15) is 6.04 Å². The maximum Gasteiger partial charge on any atom is 0.160 e. The maximum absolute atomic E-state index is 9.73. The third-order valence-corrected chi connectivity index (χ3v) is 3.42. The molecule has 0 spiro atoms. The Labute approximate surface area is 107 Å². The van der Waals surface area contributed by atoms with Gasteiger partial charge in [-0.25, -0.2) is 0 Å². The number of methoxy groups -OCH3 is 1. The summed E-state index contributed by atoms with van der Waals surface area (Å²) in [7, 11) is 1.51. The molecule has 4 nitrogen and oxygen atoms in total. The van der Waals surface area contributed by atoms with Crippen LogP contribution in [-0.2, 0) is 0 Å². The van der Waals surface area contributed by atoms with Gasteiger partial charge in [-0.05, 0) is 30.5 Å². The Morgan fingerprint density at radius 3 is 2.72 bits per heavy atom. The number of hydrogen-bond donors (Lipinski definition) is 2. The van der Waals surface area contributed by atoms with Crippen molar-refractivity contribution in [2.75, 3.05) is 7.11 Å². The van der Waals surface area contributed by atoms with Crippen LogP contribution in [0.25, 0.3) is 0 Å². The monoisotopic (exact) mass is 246 g/mol. The van der Waals surface area contributed by atoms with Crippen molar-refractivity contribution in [2.45, 2.75) is 37.8 Å². The lowest BCUT2D eigenvalue weighted by atomic mass is 10.1. The van der Waals surface area contributed by atoms with Crippen molar-refractivity contribution in [1.82, 2.24) is 5.32 Å². The van der Waals surface area contributed by atoms with E-state index < -0.39 is 0 Å². The van der Waals surface area contributed by atoms with Crippen LogP contribution in [-0.4, -0.2) is 18.3 Å². The Kier molecular flexibility index (Phi) is 4.06. The second kappa shape index (κ2) is 5.74. The fourth-order valence-electron chi connectivity index (χ4n) is 2.42. The van der Waals surface area contributed by atoms with E-state index in [9.17, 15) is 10.4 Å². The lowest BCUT2D eigenvalue weighted by Gasteiger charge is -2.18. The normalized spacial score (nSPS) is 17.3. The Bertz CT molecular complexity index is 448. The number of nitriles is 1. The van der Waals surface area contributed by atoms with Gasteiger partial charge in [0.05, 0.1) is 13.2 Å². The maximum atomic E-state index is 9.73. The Morgan fingerprint density at radius 2 is 2.17 bits per heavy atom. The van der Waals surface area contributed by atoms with Crippen LogP contribution in [0.3, 0.4) is 0 Å². The average molecular weight is 246 g/mol. The zero-order valence-electron chi connectivity index (χ0n) is 10.5. The molecule has 0 aromatic heterocycles. The molecule has 0 saturated heterocycles. The van der Waals surface area contributed by atoms with Gasteiger partial charge in [-0.3, -0.25) is 5.32 Å². The first-order valence-electron chi connectivity index (χ1n) is 6.27. The minimum atomic E-state index is -0.370. The summed E-state index contributed by atoms with van der Waals surface area (Å²) in [6.07, 6.45) is 4.70. The second-order valence-corrected chi connectivity index (χ2v) is 4.64. The summed E-state index contributed by atoms with van der Waals surface area (Å²) in [5, 5.41) is 22.3. The number of aromatic hydroxyl groups is 1. The van der Waals surface area contributed by atoms with Crippen LogP contribution in [0.4, 0.5) is 0 Å². The van der Waals surface area contributed by atoms with Gasteiger partial charge >= 0.3 is 0 Å². The Hall–Kier alpha value is -1.73. The van der Waals surface area contributed by atoms with Crippen LogP contribution in [0, 0.1) is 11.3 Å². The first kappa shape index (κ1) is 12.7. The highest BCUT2D eigenvalue weighted by Crippen LogP contribution is 2.29. The summed E-state index contributed by atoms with van der Waals surface area (Å²) in [6, 6.07) is 7.38. The molecule has 2 N–H and O–H groups in total. The molecule has 1 aromatic carbocycles. The van der Waals surface area contributed by atoms with Crippen molar-refractivity contribution >= 4 is 0 Å². The van der Waals surface area contributed by atoms with Gasteiger partial charge in [-0.2, -0.15) is 5.26 Å². The van der Waals surface area contributed by atoms with Crippen LogP contribution < -0.4 is 10.1 Å². The van der Waals surface area contributed by atoms with Crippen molar-refractivity contribution in [1.29, 1.82) is 5.26 Å². The van der Waals surface area contributed by atoms with Crippen molar-refractivity contribution in [3.63, 3.8) is 0 Å². The Balaban J connectivity index is 2.12. The summed E-state index contributed by atoms with van der Waals surface area (Å²) in [6.45, 7) is 0. The molecule has 96 valence electrons. The molecule has 1 aromatic rings. The molecular formula is C14H18N2O2. The highest BCUT2D eigenvalue weighted by Gasteiger charge is 2.20. The fourth-order valence-corrected chi connectivity index (χ4v) is 2.42. The predicted molar refractivity (Wildman–Crippen MR) is 68.4 cm³/mol. The van der Waals surface area contributed by atoms with Gasteiger partial charge in [0.2, 0.25) is 0 Å². The molecule has 4 heteroatoms. The second-order valence-electron chi connectivity index (χ2n) is 4.64.